The van der Waals surface area contributed by atoms with Crippen LogP contribution in [-0.2, 0) is 56.6 Å². The molecule has 15 heterocycles. The van der Waals surface area contributed by atoms with Gasteiger partial charge in [0, 0.05) is 100.0 Å². The summed E-state index contributed by atoms with van der Waals surface area (Å²) in [4.78, 5) is 91.2. The van der Waals surface area contributed by atoms with Crippen molar-refractivity contribution in [2.75, 3.05) is 93.3 Å². The summed E-state index contributed by atoms with van der Waals surface area (Å²) < 4.78 is 75.7. The number of esters is 4. The molecule has 4 aromatic carbocycles. The normalized spacial score (nSPS) is 16.2. The minimum absolute atomic E-state index is 0. The molecular weight excluding hydrogens is 2060 g/mol. The van der Waals surface area contributed by atoms with Gasteiger partial charge < -0.3 is 79.3 Å². The van der Waals surface area contributed by atoms with Gasteiger partial charge in [0.1, 0.15) is 24.7 Å². The molecular formula is C100H116B3BrCl3FK2N10O17S4. The van der Waals surface area contributed by atoms with Crippen LogP contribution in [0.15, 0.2) is 175 Å². The van der Waals surface area contributed by atoms with Crippen molar-refractivity contribution >= 4 is 232 Å². The van der Waals surface area contributed by atoms with Crippen LogP contribution >= 0.6 is 96.1 Å². The molecule has 14 aromatic rings. The van der Waals surface area contributed by atoms with Crippen molar-refractivity contribution < 1.29 is 191 Å². The van der Waals surface area contributed by atoms with Crippen LogP contribution in [0.3, 0.4) is 0 Å². The fourth-order valence-electron chi connectivity index (χ4n) is 15.1. The van der Waals surface area contributed by atoms with Gasteiger partial charge in [0.2, 0.25) is 0 Å². The molecule has 10 aromatic heterocycles. The number of methoxy groups -OCH3 is 4. The Labute approximate surface area is 950 Å². The number of thiophene rings is 4. The number of hydrogen-bond donors (Lipinski definition) is 2. The van der Waals surface area contributed by atoms with Crippen molar-refractivity contribution in [3.05, 3.63) is 210 Å². The van der Waals surface area contributed by atoms with Crippen molar-refractivity contribution in [1.29, 1.82) is 0 Å². The number of nitrogens with one attached hydrogen (secondary N) is 1. The molecule has 0 saturated carbocycles. The van der Waals surface area contributed by atoms with Gasteiger partial charge in [0.25, 0.3) is 6.47 Å². The second-order valence-corrected chi connectivity index (χ2v) is 42.3. The van der Waals surface area contributed by atoms with Crippen LogP contribution < -0.4 is 125 Å². The van der Waals surface area contributed by atoms with Crippen molar-refractivity contribution in [3.63, 3.8) is 0 Å². The Morgan fingerprint density at radius 1 is 0.496 bits per heavy atom. The third-order valence-corrected chi connectivity index (χ3v) is 30.4. The van der Waals surface area contributed by atoms with Gasteiger partial charge in [-0.25, -0.2) is 34.1 Å². The van der Waals surface area contributed by atoms with Crippen LogP contribution in [0.25, 0.3) is 95.6 Å². The van der Waals surface area contributed by atoms with E-state index in [2.05, 4.69) is 83.8 Å². The molecule has 3 N–H and O–H groups in total. The molecule has 5 fully saturated rings. The summed E-state index contributed by atoms with van der Waals surface area (Å²) in [6, 6.07) is 42.6. The van der Waals surface area contributed by atoms with Crippen LogP contribution in [0.2, 0.25) is 15.2 Å². The van der Waals surface area contributed by atoms with Crippen LogP contribution in [0.5, 0.6) is 0 Å². The number of ether oxygens (including phenoxy) is 4. The Hall–Kier alpha value is -6.10. The number of benzene rings is 4. The zero-order valence-corrected chi connectivity index (χ0v) is 96.0. The van der Waals surface area contributed by atoms with Crippen LogP contribution in [0.1, 0.15) is 176 Å². The third-order valence-electron chi connectivity index (χ3n) is 24.8. The topological polar surface area (TPSA) is 332 Å². The summed E-state index contributed by atoms with van der Waals surface area (Å²) in [7, 11) is 3.23. The van der Waals surface area contributed by atoms with E-state index < -0.39 is 28.3 Å². The van der Waals surface area contributed by atoms with E-state index in [4.69, 9.17) is 99.1 Å². The molecule has 0 unspecified atom stereocenters. The van der Waals surface area contributed by atoms with Gasteiger partial charge in [-0.3, -0.25) is 24.1 Å². The molecule has 0 atom stereocenters. The summed E-state index contributed by atoms with van der Waals surface area (Å²) in [5.41, 5.74) is 11.4. The summed E-state index contributed by atoms with van der Waals surface area (Å²) in [6.07, 6.45) is 20.9. The molecule has 5 saturated heterocycles. The molecule has 738 valence electrons. The Balaban J connectivity index is 0.000000207. The summed E-state index contributed by atoms with van der Waals surface area (Å²) in [6.45, 7) is 33.3. The van der Waals surface area contributed by atoms with Crippen LogP contribution in [-0.4, -0.2) is 213 Å². The van der Waals surface area contributed by atoms with E-state index >= 15 is 0 Å². The third kappa shape index (κ3) is 31.5. The molecule has 19 rings (SSSR count). The SMILES string of the molecule is CC1(C)OB(B2OC(C)(C)C(C)(C)O2)OC1(C)C.COC(=O)c1cc2ccc(-c3cc(Cl)c4cnccc4n3)cc2s1.COC(=O)c1cc2ccc(-c3cc(NCCCN4CCCCC4)c4cnccc4n3)cc2s1.COC(=O)c1cc2ccc(B3OC(C)(C)C(C)(C)O3)cc2s1.COC(=O)c1cc2ccc(Br)cc2s1.Clc1cc(Cl)c2cnccc2n1.NCCCN1CCCCC1.O=CO[O-].[2H]CF.[H-].[K+].[K+]. The first-order chi connectivity index (χ1) is 66.7. The molecule has 5 aliphatic heterocycles. The molecule has 0 radical (unpaired) electrons. The zero-order valence-electron chi connectivity index (χ0n) is 84.6. The van der Waals surface area contributed by atoms with E-state index in [1.165, 1.54) is 151 Å². The van der Waals surface area contributed by atoms with Gasteiger partial charge in [-0.1, -0.05) is 106 Å². The first kappa shape index (κ1) is 117. The number of anilines is 1. The fourth-order valence-corrected chi connectivity index (χ4v) is 20.5. The Morgan fingerprint density at radius 3 is 1.25 bits per heavy atom. The average Bonchev–Trinajstić information content (AvgIpc) is 1.59. The van der Waals surface area contributed by atoms with Crippen molar-refractivity contribution in [1.82, 2.24) is 39.7 Å². The standard InChI is InChI=1S/C26H28N4O2S.C18H11ClN2O2S.C16H19BO4S.C12H24B2O4.C10H7BrO2S.C8H4Cl2N2.C8H18N2.CH3F.CH2O3.2K.H/c1-32-26(31)25-15-19-7-6-18(14-24(19)33-25)22-16-23(20-17-27-10-8-21(20)29-22)28-9-5-13-30-11-3-2-4-12-30;1-23-18(22)17-7-11-3-2-10(6-16(11)24-17)15-8-13(19)12-9-20-5-4-14(12)21-15;1-15(2)16(3,4)21-17(20-15)11-7-6-10-8-13(14(18)19-5)22-12(10)9-11;1-9(2)10(3,4)16-13(15-9)14-17-11(5,6)12(7,8)18-14;1-13-10(12)9-4-6-2-3-7(11)5-8(6)14-9;9-6-3-8(10)12-7-1-2-11-4-5(6)7;9-5-4-8-10-6-2-1-3-7-10;1-2;2-1-4-3;;;/h6-8,10,14-17H,2-5,9,11-13H2,1H3,(H,28,29);2-9H,1H3;6-9H,1-5H3;1-8H3;2-5H,1H3;1-4H;1-9H2;1H3;1,3H;;;/q;;;;;;;;;2*+1;-1/p-1/i;;;;;;;1D;;;;. The maximum Gasteiger partial charge on any atom is 1.00 e. The van der Waals surface area contributed by atoms with Crippen LogP contribution in [0.4, 0.5) is 10.1 Å². The summed E-state index contributed by atoms with van der Waals surface area (Å²) >= 11 is 27.1. The number of fused-ring (bicyclic) bond motifs is 7. The van der Waals surface area contributed by atoms with E-state index in [0.717, 1.165) is 137 Å². The van der Waals surface area contributed by atoms with Crippen molar-refractivity contribution in [3.8, 4) is 22.5 Å². The molecule has 0 spiro atoms. The van der Waals surface area contributed by atoms with Gasteiger partial charge in [0.15, 0.2) is 0 Å². The largest absolute Gasteiger partial charge is 1.00 e. The maximum atomic E-state index is 11.9. The number of nitrogens with two attached hydrogens (primary N) is 1. The first-order valence-electron chi connectivity index (χ1n) is 45.8. The van der Waals surface area contributed by atoms with E-state index in [9.17, 15) is 23.6 Å². The number of alkyl halides is 1. The number of halogens is 5. The average molecular weight is 2180 g/mol. The number of hydrogen-bond acceptors (Lipinski definition) is 31. The quantitative estimate of drug-likeness (QED) is 0.0125. The zero-order chi connectivity index (χ0) is 101. The molecule has 27 nitrogen and oxygen atoms in total. The molecule has 0 amide bonds. The maximum absolute atomic E-state index is 11.9. The van der Waals surface area contributed by atoms with Gasteiger partial charge in [-0.15, -0.1) is 45.3 Å². The number of likely N-dealkylation sites (tertiary alicyclic amines) is 2. The molecule has 0 aliphatic carbocycles. The minimum atomic E-state index is -1.00. The van der Waals surface area contributed by atoms with Crippen molar-refractivity contribution in [2.45, 2.75) is 168 Å². The van der Waals surface area contributed by atoms with Gasteiger partial charge >= 0.3 is 148 Å². The number of piperidine rings is 2. The molecule has 0 bridgehead atoms. The second-order valence-electron chi connectivity index (χ2n) is 35.8. The monoisotopic (exact) mass is 2170 g/mol. The smallest absolute Gasteiger partial charge is 1.00 e. The van der Waals surface area contributed by atoms with E-state index in [1.807, 2.05) is 192 Å². The fraction of sp³-hybridized carbons (Fsp3) is 0.390. The van der Waals surface area contributed by atoms with Gasteiger partial charge in [0.05, 0.1) is 109 Å². The second kappa shape index (κ2) is 54.7. The minimum Gasteiger partial charge on any atom is -1.00 e. The Kier molecular flexibility index (Phi) is 45.3. The predicted molar refractivity (Wildman–Crippen MR) is 563 cm³/mol. The number of carbonyl (C=O) groups excluding carboxylic acids is 5. The summed E-state index contributed by atoms with van der Waals surface area (Å²) in [5, 5.41) is 20.5. The molecule has 41 heteroatoms. The number of nitrogens with zero attached hydrogens (tertiary/aromatic N) is 8. The van der Waals surface area contributed by atoms with Gasteiger partial charge in [-0.05, 0) is 285 Å². The predicted octanol–water partition coefficient (Wildman–Crippen LogP) is 16.1. The number of rotatable bonds is 17. The molecule has 5 aliphatic rings. The summed E-state index contributed by atoms with van der Waals surface area (Å²) in [5.74, 6) is -1.21. The Morgan fingerprint density at radius 2 is 0.844 bits per heavy atom. The molecule has 141 heavy (non-hydrogen) atoms. The first-order valence-corrected chi connectivity index (χ1v) is 50.3. The van der Waals surface area contributed by atoms with Crippen molar-refractivity contribution in [2.24, 2.45) is 5.73 Å². The number of pyridine rings is 6. The van der Waals surface area contributed by atoms with Crippen LogP contribution in [0, 0.1) is 0 Å². The van der Waals surface area contributed by atoms with E-state index in [1.54, 1.807) is 43.1 Å². The number of aromatic nitrogens is 6. The number of carbonyl (C=O) groups is 5. The Bertz CT molecular complexity index is 6540. The van der Waals surface area contributed by atoms with E-state index in [0.29, 0.717) is 34.7 Å². The van der Waals surface area contributed by atoms with Gasteiger partial charge in [-0.2, -0.15) is 0 Å². The van der Waals surface area contributed by atoms with E-state index in [-0.39, 0.29) is 168 Å².